The molecular weight excluding hydrogens is 197 g/mol. The van der Waals surface area contributed by atoms with Crippen LogP contribution in [-0.2, 0) is 4.79 Å². The van der Waals surface area contributed by atoms with Crippen molar-refractivity contribution in [3.05, 3.63) is 28.0 Å². The summed E-state index contributed by atoms with van der Waals surface area (Å²) in [5.74, 6) is 4.78. The topological polar surface area (TPSA) is 30.0 Å². The Morgan fingerprint density at radius 3 is 2.83 bits per heavy atom. The molecule has 0 radical (unpaired) electrons. The minimum absolute atomic E-state index is 0.230. The lowest BCUT2D eigenvalue weighted by molar-refractivity contribution is -0.103. The Morgan fingerprint density at radius 2 is 2.25 bits per heavy atom. The van der Waals surface area contributed by atoms with Gasteiger partial charge < -0.3 is 0 Å². The van der Waals surface area contributed by atoms with Crippen LogP contribution in [0.4, 0.5) is 0 Å². The minimum Gasteiger partial charge on any atom is -0.289 e. The van der Waals surface area contributed by atoms with Crippen molar-refractivity contribution in [3.8, 4) is 11.8 Å². The molecule has 1 rings (SSSR count). The average Bonchev–Trinajstić information content (AvgIpc) is 2.07. The van der Waals surface area contributed by atoms with Gasteiger partial charge in [0, 0.05) is 11.8 Å². The van der Waals surface area contributed by atoms with Crippen molar-refractivity contribution in [2.45, 2.75) is 0 Å². The van der Waals surface area contributed by atoms with E-state index in [2.05, 4.69) is 16.8 Å². The maximum Gasteiger partial charge on any atom is 0.193 e. The molecular formula is C8H3Cl2NO. The highest BCUT2D eigenvalue weighted by Crippen LogP contribution is 2.18. The van der Waals surface area contributed by atoms with Gasteiger partial charge in [0.2, 0.25) is 0 Å². The molecule has 1 aromatic rings. The second kappa shape index (κ2) is 4.10. The van der Waals surface area contributed by atoms with Crippen LogP contribution in [0.1, 0.15) is 5.56 Å². The van der Waals surface area contributed by atoms with Crippen molar-refractivity contribution in [1.29, 1.82) is 0 Å². The fourth-order valence-corrected chi connectivity index (χ4v) is 0.872. The molecule has 0 N–H and O–H groups in total. The molecule has 12 heavy (non-hydrogen) atoms. The van der Waals surface area contributed by atoms with E-state index in [1.165, 1.54) is 6.20 Å². The number of hydrogen-bond acceptors (Lipinski definition) is 2. The zero-order chi connectivity index (χ0) is 8.97. The second-order valence-electron chi connectivity index (χ2n) is 1.88. The molecule has 0 saturated heterocycles. The van der Waals surface area contributed by atoms with E-state index in [1.807, 2.05) is 0 Å². The Balaban J connectivity index is 3.04. The van der Waals surface area contributed by atoms with E-state index >= 15 is 0 Å². The van der Waals surface area contributed by atoms with Crippen LogP contribution in [0.25, 0.3) is 0 Å². The highest BCUT2D eigenvalue weighted by atomic mass is 35.5. The van der Waals surface area contributed by atoms with Crippen LogP contribution in [-0.4, -0.2) is 11.3 Å². The first kappa shape index (κ1) is 9.05. The van der Waals surface area contributed by atoms with Crippen LogP contribution in [0, 0.1) is 11.8 Å². The molecule has 0 aliphatic rings. The van der Waals surface area contributed by atoms with Gasteiger partial charge in [-0.1, -0.05) is 29.1 Å². The number of rotatable bonds is 0. The Morgan fingerprint density at radius 1 is 1.50 bits per heavy atom. The molecule has 0 spiro atoms. The molecule has 0 unspecified atom stereocenters. The van der Waals surface area contributed by atoms with Gasteiger partial charge >= 0.3 is 0 Å². The summed E-state index contributed by atoms with van der Waals surface area (Å²) in [4.78, 5) is 13.6. The van der Waals surface area contributed by atoms with Gasteiger partial charge in [0.15, 0.2) is 6.29 Å². The number of nitrogens with zero attached hydrogens (tertiary/aromatic N) is 1. The number of halogens is 2. The van der Waals surface area contributed by atoms with E-state index in [0.29, 0.717) is 16.9 Å². The second-order valence-corrected chi connectivity index (χ2v) is 2.65. The molecule has 1 aromatic heterocycles. The smallest absolute Gasteiger partial charge is 0.193 e. The highest BCUT2D eigenvalue weighted by molar-refractivity contribution is 6.41. The summed E-state index contributed by atoms with van der Waals surface area (Å²) >= 11 is 11.2. The van der Waals surface area contributed by atoms with E-state index < -0.39 is 0 Å². The summed E-state index contributed by atoms with van der Waals surface area (Å²) in [6.07, 6.45) is 1.95. The molecule has 2 nitrogen and oxygen atoms in total. The summed E-state index contributed by atoms with van der Waals surface area (Å²) in [7, 11) is 0. The van der Waals surface area contributed by atoms with Gasteiger partial charge in [0.1, 0.15) is 5.15 Å². The standard InChI is InChI=1S/C8H3Cl2NO/c9-7-4-6(2-1-3-12)5-11-8(7)10/h3-5H. The Kier molecular flexibility index (Phi) is 3.09. The Labute approximate surface area is 79.5 Å². The van der Waals surface area contributed by atoms with Gasteiger partial charge in [0.05, 0.1) is 5.02 Å². The van der Waals surface area contributed by atoms with Crippen molar-refractivity contribution < 1.29 is 4.79 Å². The minimum atomic E-state index is 0.230. The Bertz CT molecular complexity index is 365. The van der Waals surface area contributed by atoms with E-state index in [4.69, 9.17) is 23.2 Å². The van der Waals surface area contributed by atoms with Crippen LogP contribution >= 0.6 is 23.2 Å². The lowest BCUT2D eigenvalue weighted by atomic mass is 10.3. The summed E-state index contributed by atoms with van der Waals surface area (Å²) in [6.45, 7) is 0. The summed E-state index contributed by atoms with van der Waals surface area (Å²) in [6, 6.07) is 1.55. The number of aldehydes is 1. The van der Waals surface area contributed by atoms with Crippen LogP contribution in [0.2, 0.25) is 10.2 Å². The van der Waals surface area contributed by atoms with Crippen molar-refractivity contribution in [3.63, 3.8) is 0 Å². The van der Waals surface area contributed by atoms with Crippen LogP contribution in [0.5, 0.6) is 0 Å². The predicted molar refractivity (Wildman–Crippen MR) is 47.2 cm³/mol. The SMILES string of the molecule is O=CC#Cc1cnc(Cl)c(Cl)c1. The molecule has 0 saturated carbocycles. The summed E-state index contributed by atoms with van der Waals surface area (Å²) < 4.78 is 0. The molecule has 0 atom stereocenters. The lowest BCUT2D eigenvalue weighted by Crippen LogP contribution is -1.80. The largest absolute Gasteiger partial charge is 0.289 e. The van der Waals surface area contributed by atoms with E-state index in [0.717, 1.165) is 0 Å². The maximum absolute atomic E-state index is 9.88. The quantitative estimate of drug-likeness (QED) is 0.364. The molecule has 0 fully saturated rings. The number of aromatic nitrogens is 1. The summed E-state index contributed by atoms with van der Waals surface area (Å²) in [5, 5.41) is 0.558. The average molecular weight is 200 g/mol. The van der Waals surface area contributed by atoms with Crippen molar-refractivity contribution in [2.24, 2.45) is 0 Å². The van der Waals surface area contributed by atoms with Gasteiger partial charge in [0.25, 0.3) is 0 Å². The maximum atomic E-state index is 9.88. The fraction of sp³-hybridized carbons (Fsp3) is 0. The van der Waals surface area contributed by atoms with Crippen LogP contribution in [0.15, 0.2) is 12.3 Å². The first-order chi connectivity index (χ1) is 5.74. The van der Waals surface area contributed by atoms with Crippen molar-refractivity contribution in [1.82, 2.24) is 4.98 Å². The zero-order valence-electron chi connectivity index (χ0n) is 5.84. The number of pyridine rings is 1. The van der Waals surface area contributed by atoms with Crippen molar-refractivity contribution >= 4 is 29.5 Å². The lowest BCUT2D eigenvalue weighted by Gasteiger charge is -1.93. The number of hydrogen-bond donors (Lipinski definition) is 0. The molecule has 1 heterocycles. The van der Waals surface area contributed by atoms with E-state index in [9.17, 15) is 4.79 Å². The molecule has 0 aliphatic heterocycles. The highest BCUT2D eigenvalue weighted by Gasteiger charge is 1.97. The Hall–Kier alpha value is -1.04. The third-order valence-electron chi connectivity index (χ3n) is 1.07. The normalized spacial score (nSPS) is 8.50. The molecule has 60 valence electrons. The first-order valence-electron chi connectivity index (χ1n) is 3.00. The number of carbonyl (C=O) groups excluding carboxylic acids is 1. The van der Waals surface area contributed by atoms with E-state index in [1.54, 1.807) is 6.07 Å². The molecule has 0 aliphatic carbocycles. The molecule has 0 bridgehead atoms. The van der Waals surface area contributed by atoms with Crippen LogP contribution < -0.4 is 0 Å². The van der Waals surface area contributed by atoms with E-state index in [-0.39, 0.29) is 5.15 Å². The third kappa shape index (κ3) is 2.23. The molecule has 4 heteroatoms. The van der Waals surface area contributed by atoms with Gasteiger partial charge in [-0.05, 0) is 12.0 Å². The zero-order valence-corrected chi connectivity index (χ0v) is 7.36. The van der Waals surface area contributed by atoms with Gasteiger partial charge in [-0.25, -0.2) is 4.98 Å². The monoisotopic (exact) mass is 199 g/mol. The molecule has 0 aromatic carbocycles. The molecule has 0 amide bonds. The van der Waals surface area contributed by atoms with Gasteiger partial charge in [-0.2, -0.15) is 0 Å². The van der Waals surface area contributed by atoms with Crippen LogP contribution in [0.3, 0.4) is 0 Å². The van der Waals surface area contributed by atoms with Gasteiger partial charge in [-0.15, -0.1) is 0 Å². The van der Waals surface area contributed by atoms with Crippen molar-refractivity contribution in [2.75, 3.05) is 0 Å². The van der Waals surface area contributed by atoms with Gasteiger partial charge in [-0.3, -0.25) is 4.79 Å². The predicted octanol–water partition coefficient (Wildman–Crippen LogP) is 1.94. The first-order valence-corrected chi connectivity index (χ1v) is 3.76. The number of carbonyl (C=O) groups is 1. The third-order valence-corrected chi connectivity index (χ3v) is 1.76. The fourth-order valence-electron chi connectivity index (χ4n) is 0.602. The summed E-state index contributed by atoms with van der Waals surface area (Å²) in [5.41, 5.74) is 0.566.